The lowest BCUT2D eigenvalue weighted by atomic mass is 9.93. The van der Waals surface area contributed by atoms with Gasteiger partial charge in [-0.15, -0.1) is 0 Å². The van der Waals surface area contributed by atoms with E-state index in [1.54, 1.807) is 19.9 Å². The minimum absolute atomic E-state index is 0.141. The number of hydrogen-bond donors (Lipinski definition) is 1. The largest absolute Gasteiger partial charge is 0.490 e. The third-order valence-electron chi connectivity index (χ3n) is 4.58. The van der Waals surface area contributed by atoms with Crippen LogP contribution >= 0.6 is 0 Å². The minimum atomic E-state index is -4.22. The van der Waals surface area contributed by atoms with Crippen molar-refractivity contribution in [1.82, 2.24) is 0 Å². The summed E-state index contributed by atoms with van der Waals surface area (Å²) in [5, 5.41) is 11.2. The molecule has 1 aliphatic heterocycles. The van der Waals surface area contributed by atoms with Crippen LogP contribution in [0.3, 0.4) is 0 Å². The van der Waals surface area contributed by atoms with Crippen molar-refractivity contribution < 1.29 is 22.9 Å². The number of nitrogens with zero attached hydrogens (tertiary/aromatic N) is 2. The van der Waals surface area contributed by atoms with Gasteiger partial charge in [0.1, 0.15) is 12.4 Å². The number of nitro groups is 1. The number of benzene rings is 2. The first-order chi connectivity index (χ1) is 13.6. The lowest BCUT2D eigenvalue weighted by Gasteiger charge is -2.27. The van der Waals surface area contributed by atoms with Crippen LogP contribution in [0, 0.1) is 15.5 Å². The predicted molar refractivity (Wildman–Crippen MR) is 108 cm³/mol. The van der Waals surface area contributed by atoms with E-state index >= 15 is 0 Å². The lowest BCUT2D eigenvalue weighted by molar-refractivity contribution is -0.387. The van der Waals surface area contributed by atoms with Crippen LogP contribution in [0.15, 0.2) is 47.4 Å². The van der Waals surface area contributed by atoms with Gasteiger partial charge < -0.3 is 9.64 Å². The predicted octanol–water partition coefficient (Wildman–Crippen LogP) is 3.17. The molecule has 1 heterocycles. The summed E-state index contributed by atoms with van der Waals surface area (Å²) < 4.78 is 33.6. The van der Waals surface area contributed by atoms with Gasteiger partial charge in [0.15, 0.2) is 4.90 Å². The quantitative estimate of drug-likeness (QED) is 0.587. The highest BCUT2D eigenvalue weighted by Crippen LogP contribution is 2.38. The molecule has 1 N–H and O–H groups in total. The number of nitro benzene ring substituents is 1. The molecule has 0 fully saturated rings. The first-order valence-corrected chi connectivity index (χ1v) is 10.4. The molecular formula is C19H21N3O6S. The number of rotatable bonds is 5. The van der Waals surface area contributed by atoms with Gasteiger partial charge in [0.25, 0.3) is 15.7 Å². The van der Waals surface area contributed by atoms with E-state index in [0.717, 1.165) is 12.1 Å². The summed E-state index contributed by atoms with van der Waals surface area (Å²) in [5.74, 6) is 0.317. The van der Waals surface area contributed by atoms with E-state index in [0.29, 0.717) is 18.0 Å². The van der Waals surface area contributed by atoms with Crippen LogP contribution in [-0.4, -0.2) is 32.4 Å². The van der Waals surface area contributed by atoms with Gasteiger partial charge in [0.2, 0.25) is 5.91 Å². The third kappa shape index (κ3) is 3.88. The molecular weight excluding hydrogens is 398 g/mol. The number of sulfonamides is 1. The molecule has 0 saturated heterocycles. The summed E-state index contributed by atoms with van der Waals surface area (Å²) in [6.07, 6.45) is 0. The van der Waals surface area contributed by atoms with Crippen LogP contribution < -0.4 is 14.4 Å². The van der Waals surface area contributed by atoms with Crippen LogP contribution in [-0.2, 0) is 14.8 Å². The van der Waals surface area contributed by atoms with Gasteiger partial charge in [-0.1, -0.05) is 12.1 Å². The van der Waals surface area contributed by atoms with Crippen molar-refractivity contribution in [2.75, 3.05) is 22.8 Å². The van der Waals surface area contributed by atoms with E-state index in [1.165, 1.54) is 29.2 Å². The molecule has 1 amide bonds. The Hall–Kier alpha value is -3.14. The summed E-state index contributed by atoms with van der Waals surface area (Å²) in [5.41, 5.74) is -0.660. The molecule has 2 aromatic carbocycles. The molecule has 0 saturated carbocycles. The molecule has 0 unspecified atom stereocenters. The normalized spacial score (nSPS) is 15.8. The Morgan fingerprint density at radius 1 is 1.24 bits per heavy atom. The molecule has 0 aromatic heterocycles. The van der Waals surface area contributed by atoms with Crippen molar-refractivity contribution in [2.45, 2.75) is 25.7 Å². The van der Waals surface area contributed by atoms with Crippen molar-refractivity contribution in [2.24, 2.45) is 5.41 Å². The van der Waals surface area contributed by atoms with Crippen molar-refractivity contribution in [1.29, 1.82) is 0 Å². The van der Waals surface area contributed by atoms with Gasteiger partial charge in [0.05, 0.1) is 21.7 Å². The van der Waals surface area contributed by atoms with Gasteiger partial charge >= 0.3 is 0 Å². The van der Waals surface area contributed by atoms with Gasteiger partial charge in [-0.2, -0.15) is 0 Å². The van der Waals surface area contributed by atoms with Crippen molar-refractivity contribution in [3.63, 3.8) is 0 Å². The first kappa shape index (κ1) is 20.6. The van der Waals surface area contributed by atoms with Crippen molar-refractivity contribution >= 4 is 33.0 Å². The number of hydrogen-bond acceptors (Lipinski definition) is 6. The zero-order chi connectivity index (χ0) is 21.4. The SMILES string of the molecule is CCN1C(=O)C(C)(C)COc2ccc(NS(=O)(=O)c3ccccc3[N+](=O)[O-])cc21. The van der Waals surface area contributed by atoms with Crippen LogP contribution in [0.1, 0.15) is 20.8 Å². The Morgan fingerprint density at radius 2 is 1.93 bits per heavy atom. The number of nitrogens with one attached hydrogen (secondary N) is 1. The molecule has 0 bridgehead atoms. The molecule has 0 radical (unpaired) electrons. The summed E-state index contributed by atoms with van der Waals surface area (Å²) in [6, 6.07) is 9.64. The smallest absolute Gasteiger partial charge is 0.289 e. The Labute approximate surface area is 168 Å². The average Bonchev–Trinajstić information content (AvgIpc) is 2.76. The van der Waals surface area contributed by atoms with Gasteiger partial charge in [-0.25, -0.2) is 8.42 Å². The molecule has 29 heavy (non-hydrogen) atoms. The molecule has 0 atom stereocenters. The molecule has 0 spiro atoms. The summed E-state index contributed by atoms with van der Waals surface area (Å²) in [6.45, 7) is 5.94. The summed E-state index contributed by atoms with van der Waals surface area (Å²) in [7, 11) is -4.22. The van der Waals surface area contributed by atoms with E-state index < -0.39 is 30.9 Å². The van der Waals surface area contributed by atoms with E-state index in [9.17, 15) is 23.3 Å². The Balaban J connectivity index is 2.01. The standard InChI is InChI=1S/C19H21N3O6S/c1-4-21-15-11-13(9-10-16(15)28-12-19(2,3)18(21)23)20-29(26,27)17-8-6-5-7-14(17)22(24)25/h5-11,20H,4,12H2,1-3H3. The number of ether oxygens (including phenoxy) is 1. The molecule has 154 valence electrons. The molecule has 0 aliphatic carbocycles. The lowest BCUT2D eigenvalue weighted by Crippen LogP contribution is -2.42. The van der Waals surface area contributed by atoms with Crippen molar-refractivity contribution in [3.05, 3.63) is 52.6 Å². The number of fused-ring (bicyclic) bond motifs is 1. The van der Waals surface area contributed by atoms with E-state index in [1.807, 2.05) is 6.92 Å². The highest BCUT2D eigenvalue weighted by molar-refractivity contribution is 7.92. The zero-order valence-electron chi connectivity index (χ0n) is 16.2. The maximum atomic E-state index is 12.8. The zero-order valence-corrected chi connectivity index (χ0v) is 17.0. The maximum Gasteiger partial charge on any atom is 0.289 e. The second kappa shape index (κ2) is 7.36. The Kier molecular flexibility index (Phi) is 5.22. The van der Waals surface area contributed by atoms with Crippen molar-refractivity contribution in [3.8, 4) is 5.75 Å². The van der Waals surface area contributed by atoms with Gasteiger partial charge in [0, 0.05) is 12.6 Å². The Bertz CT molecular complexity index is 1080. The fraction of sp³-hybridized carbons (Fsp3) is 0.316. The number of amides is 1. The van der Waals surface area contributed by atoms with Crippen LogP contribution in [0.2, 0.25) is 0 Å². The molecule has 9 nitrogen and oxygen atoms in total. The molecule has 1 aliphatic rings. The Morgan fingerprint density at radius 3 is 2.59 bits per heavy atom. The van der Waals surface area contributed by atoms with E-state index in [2.05, 4.69) is 4.72 Å². The second-order valence-electron chi connectivity index (χ2n) is 7.23. The number of carbonyl (C=O) groups is 1. The maximum absolute atomic E-state index is 12.8. The number of para-hydroxylation sites is 1. The number of anilines is 2. The second-order valence-corrected chi connectivity index (χ2v) is 8.89. The summed E-state index contributed by atoms with van der Waals surface area (Å²) in [4.78, 5) is 24.4. The summed E-state index contributed by atoms with van der Waals surface area (Å²) >= 11 is 0. The van der Waals surface area contributed by atoms with Crippen LogP contribution in [0.5, 0.6) is 5.75 Å². The molecule has 3 rings (SSSR count). The van der Waals surface area contributed by atoms with Crippen LogP contribution in [0.25, 0.3) is 0 Å². The highest BCUT2D eigenvalue weighted by atomic mass is 32.2. The monoisotopic (exact) mass is 419 g/mol. The topological polar surface area (TPSA) is 119 Å². The van der Waals surface area contributed by atoms with Gasteiger partial charge in [-0.3, -0.25) is 19.6 Å². The fourth-order valence-electron chi connectivity index (χ4n) is 3.07. The van der Waals surface area contributed by atoms with E-state index in [-0.39, 0.29) is 18.2 Å². The fourth-order valence-corrected chi connectivity index (χ4v) is 4.29. The molecule has 10 heteroatoms. The average molecular weight is 419 g/mol. The molecule has 2 aromatic rings. The minimum Gasteiger partial charge on any atom is -0.490 e. The van der Waals surface area contributed by atoms with Crippen LogP contribution in [0.4, 0.5) is 17.1 Å². The number of carbonyl (C=O) groups excluding carboxylic acids is 1. The first-order valence-electron chi connectivity index (χ1n) is 8.92. The third-order valence-corrected chi connectivity index (χ3v) is 6.01. The van der Waals surface area contributed by atoms with Gasteiger partial charge in [-0.05, 0) is 45.0 Å². The van der Waals surface area contributed by atoms with E-state index in [4.69, 9.17) is 4.74 Å². The highest BCUT2D eigenvalue weighted by Gasteiger charge is 2.37.